The average molecular weight is 325 g/mol. The van der Waals surface area contributed by atoms with E-state index in [4.69, 9.17) is 27.9 Å². The van der Waals surface area contributed by atoms with Gasteiger partial charge in [-0.05, 0) is 49.2 Å². The fourth-order valence-electron chi connectivity index (χ4n) is 1.91. The predicted molar refractivity (Wildman–Crippen MR) is 87.0 cm³/mol. The van der Waals surface area contributed by atoms with E-state index >= 15 is 0 Å². The largest absolute Gasteiger partial charge is 0.488 e. The number of pyridine rings is 1. The van der Waals surface area contributed by atoms with Crippen LogP contribution in [0.3, 0.4) is 0 Å². The summed E-state index contributed by atoms with van der Waals surface area (Å²) in [5.41, 5.74) is 2.21. The fourth-order valence-corrected chi connectivity index (χ4v) is 2.54. The Kier molecular flexibility index (Phi) is 5.85. The standard InChI is InChI=1S/C16H18Cl2N2O/c1-11(2)21-16-14(17)7-13(8-15(16)18)10-20-9-12-3-5-19-6-4-12/h3-8,11,20H,9-10H2,1-2H3. The summed E-state index contributed by atoms with van der Waals surface area (Å²) in [5, 5.41) is 4.42. The van der Waals surface area contributed by atoms with Gasteiger partial charge in [-0.25, -0.2) is 0 Å². The lowest BCUT2D eigenvalue weighted by molar-refractivity contribution is 0.242. The minimum Gasteiger partial charge on any atom is -0.488 e. The van der Waals surface area contributed by atoms with Crippen molar-refractivity contribution in [3.05, 3.63) is 57.8 Å². The van der Waals surface area contributed by atoms with E-state index in [1.54, 1.807) is 12.4 Å². The molecule has 5 heteroatoms. The molecule has 0 fully saturated rings. The second-order valence-corrected chi connectivity index (χ2v) is 5.83. The van der Waals surface area contributed by atoms with Gasteiger partial charge in [-0.15, -0.1) is 0 Å². The maximum atomic E-state index is 6.23. The van der Waals surface area contributed by atoms with Gasteiger partial charge in [0.25, 0.3) is 0 Å². The molecule has 0 aliphatic heterocycles. The molecule has 0 amide bonds. The number of rotatable bonds is 6. The van der Waals surface area contributed by atoms with Crippen molar-refractivity contribution in [1.29, 1.82) is 0 Å². The number of aromatic nitrogens is 1. The molecule has 0 saturated carbocycles. The number of halogens is 2. The van der Waals surface area contributed by atoms with Crippen molar-refractivity contribution in [3.8, 4) is 5.75 Å². The lowest BCUT2D eigenvalue weighted by Gasteiger charge is -2.14. The van der Waals surface area contributed by atoms with Crippen molar-refractivity contribution in [2.45, 2.75) is 33.0 Å². The van der Waals surface area contributed by atoms with E-state index < -0.39 is 0 Å². The van der Waals surface area contributed by atoms with Crippen LogP contribution in [-0.2, 0) is 13.1 Å². The number of hydrogen-bond donors (Lipinski definition) is 1. The zero-order chi connectivity index (χ0) is 15.2. The smallest absolute Gasteiger partial charge is 0.156 e. The topological polar surface area (TPSA) is 34.1 Å². The van der Waals surface area contributed by atoms with E-state index in [-0.39, 0.29) is 6.10 Å². The second-order valence-electron chi connectivity index (χ2n) is 5.01. The van der Waals surface area contributed by atoms with Crippen molar-refractivity contribution in [2.24, 2.45) is 0 Å². The molecule has 112 valence electrons. The zero-order valence-corrected chi connectivity index (χ0v) is 13.6. The number of hydrogen-bond acceptors (Lipinski definition) is 3. The van der Waals surface area contributed by atoms with Crippen molar-refractivity contribution in [3.63, 3.8) is 0 Å². The van der Waals surface area contributed by atoms with Crippen LogP contribution in [0, 0.1) is 0 Å². The van der Waals surface area contributed by atoms with Gasteiger partial charge >= 0.3 is 0 Å². The van der Waals surface area contributed by atoms with Crippen LogP contribution < -0.4 is 10.1 Å². The molecule has 0 spiro atoms. The first-order valence-corrected chi connectivity index (χ1v) is 7.56. The highest BCUT2D eigenvalue weighted by atomic mass is 35.5. The Morgan fingerprint density at radius 3 is 2.19 bits per heavy atom. The molecule has 1 heterocycles. The highest BCUT2D eigenvalue weighted by Gasteiger charge is 2.11. The maximum Gasteiger partial charge on any atom is 0.156 e. The summed E-state index contributed by atoms with van der Waals surface area (Å²) >= 11 is 12.5. The first-order chi connectivity index (χ1) is 10.1. The highest BCUT2D eigenvalue weighted by Crippen LogP contribution is 2.34. The number of ether oxygens (including phenoxy) is 1. The lowest BCUT2D eigenvalue weighted by Crippen LogP contribution is -2.13. The molecule has 0 aliphatic rings. The third-order valence-corrected chi connectivity index (χ3v) is 3.38. The normalized spacial score (nSPS) is 10.9. The predicted octanol–water partition coefficient (Wildman–Crippen LogP) is 4.47. The molecule has 1 N–H and O–H groups in total. The van der Waals surface area contributed by atoms with Crippen LogP contribution in [-0.4, -0.2) is 11.1 Å². The average Bonchev–Trinajstić information content (AvgIpc) is 2.44. The van der Waals surface area contributed by atoms with E-state index in [0.29, 0.717) is 22.3 Å². The van der Waals surface area contributed by atoms with Crippen LogP contribution in [0.2, 0.25) is 10.0 Å². The maximum absolute atomic E-state index is 6.23. The van der Waals surface area contributed by atoms with E-state index in [0.717, 1.165) is 12.1 Å². The summed E-state index contributed by atoms with van der Waals surface area (Å²) < 4.78 is 5.61. The van der Waals surface area contributed by atoms with E-state index in [1.807, 2.05) is 38.1 Å². The molecule has 3 nitrogen and oxygen atoms in total. The molecular weight excluding hydrogens is 307 g/mol. The first-order valence-electron chi connectivity index (χ1n) is 6.80. The van der Waals surface area contributed by atoms with E-state index in [2.05, 4.69) is 10.3 Å². The van der Waals surface area contributed by atoms with Crippen LogP contribution in [0.4, 0.5) is 0 Å². The van der Waals surface area contributed by atoms with Gasteiger partial charge in [0, 0.05) is 25.5 Å². The minimum absolute atomic E-state index is 0.0377. The van der Waals surface area contributed by atoms with Gasteiger partial charge < -0.3 is 10.1 Å². The van der Waals surface area contributed by atoms with Crippen LogP contribution in [0.5, 0.6) is 5.75 Å². The summed E-state index contributed by atoms with van der Waals surface area (Å²) in [4.78, 5) is 3.99. The Morgan fingerprint density at radius 1 is 1.05 bits per heavy atom. The van der Waals surface area contributed by atoms with Crippen LogP contribution in [0.1, 0.15) is 25.0 Å². The summed E-state index contributed by atoms with van der Waals surface area (Å²) in [6.07, 6.45) is 3.60. The van der Waals surface area contributed by atoms with Gasteiger partial charge in [-0.1, -0.05) is 23.2 Å². The Balaban J connectivity index is 1.98. The Hall–Kier alpha value is -1.29. The van der Waals surface area contributed by atoms with Crippen molar-refractivity contribution < 1.29 is 4.74 Å². The number of benzene rings is 1. The molecule has 21 heavy (non-hydrogen) atoms. The van der Waals surface area contributed by atoms with Gasteiger partial charge in [-0.3, -0.25) is 4.98 Å². The molecule has 0 aliphatic carbocycles. The summed E-state index contributed by atoms with van der Waals surface area (Å²) in [6, 6.07) is 7.72. The molecule has 2 aromatic rings. The Bertz CT molecular complexity index is 565. The highest BCUT2D eigenvalue weighted by molar-refractivity contribution is 6.37. The van der Waals surface area contributed by atoms with Crippen molar-refractivity contribution in [1.82, 2.24) is 10.3 Å². The van der Waals surface area contributed by atoms with E-state index in [1.165, 1.54) is 5.56 Å². The molecule has 0 bridgehead atoms. The molecule has 1 aromatic carbocycles. The first kappa shape index (κ1) is 16.1. The molecule has 1 aromatic heterocycles. The van der Waals surface area contributed by atoms with Gasteiger partial charge in [0.2, 0.25) is 0 Å². The van der Waals surface area contributed by atoms with Gasteiger partial charge in [0.15, 0.2) is 5.75 Å². The number of nitrogens with zero attached hydrogens (tertiary/aromatic N) is 1. The monoisotopic (exact) mass is 324 g/mol. The molecule has 0 saturated heterocycles. The second kappa shape index (κ2) is 7.64. The van der Waals surface area contributed by atoms with E-state index in [9.17, 15) is 0 Å². The van der Waals surface area contributed by atoms with Crippen molar-refractivity contribution in [2.75, 3.05) is 0 Å². The Labute approximate surface area is 135 Å². The van der Waals surface area contributed by atoms with Gasteiger partial charge in [0.05, 0.1) is 16.1 Å². The quantitative estimate of drug-likeness (QED) is 0.851. The SMILES string of the molecule is CC(C)Oc1c(Cl)cc(CNCc2ccncc2)cc1Cl. The van der Waals surface area contributed by atoms with Crippen LogP contribution >= 0.6 is 23.2 Å². The summed E-state index contributed by atoms with van der Waals surface area (Å²) in [5.74, 6) is 0.547. The third-order valence-electron chi connectivity index (χ3n) is 2.82. The summed E-state index contributed by atoms with van der Waals surface area (Å²) in [7, 11) is 0. The Morgan fingerprint density at radius 2 is 1.62 bits per heavy atom. The van der Waals surface area contributed by atoms with Gasteiger partial charge in [-0.2, -0.15) is 0 Å². The fraction of sp³-hybridized carbons (Fsp3) is 0.312. The van der Waals surface area contributed by atoms with Crippen LogP contribution in [0.15, 0.2) is 36.7 Å². The third kappa shape index (κ3) is 4.88. The van der Waals surface area contributed by atoms with Crippen molar-refractivity contribution >= 4 is 23.2 Å². The molecule has 2 rings (SSSR count). The summed E-state index contributed by atoms with van der Waals surface area (Å²) in [6.45, 7) is 5.33. The van der Waals surface area contributed by atoms with Crippen LogP contribution in [0.25, 0.3) is 0 Å². The molecular formula is C16H18Cl2N2O. The van der Waals surface area contributed by atoms with Gasteiger partial charge in [0.1, 0.15) is 0 Å². The zero-order valence-electron chi connectivity index (χ0n) is 12.1. The lowest BCUT2D eigenvalue weighted by atomic mass is 10.2. The molecule has 0 radical (unpaired) electrons. The number of nitrogens with one attached hydrogen (secondary N) is 1. The minimum atomic E-state index is 0.0377. The molecule has 0 unspecified atom stereocenters. The molecule has 0 atom stereocenters.